The maximum absolute atomic E-state index is 12.7. The number of aromatic nitrogens is 1. The molecule has 0 fully saturated rings. The zero-order valence-electron chi connectivity index (χ0n) is 15.8. The number of hydrogen-bond donors (Lipinski definition) is 3. The van der Waals surface area contributed by atoms with Crippen LogP contribution in [0.4, 0.5) is 5.69 Å². The first-order chi connectivity index (χ1) is 13.2. The number of benzene rings is 2. The van der Waals surface area contributed by atoms with Gasteiger partial charge in [0, 0.05) is 28.3 Å². The fourth-order valence-corrected chi connectivity index (χ4v) is 3.99. The van der Waals surface area contributed by atoms with E-state index in [-0.39, 0.29) is 5.91 Å². The summed E-state index contributed by atoms with van der Waals surface area (Å²) in [6.07, 6.45) is 3.24. The van der Waals surface area contributed by atoms with Gasteiger partial charge in [-0.25, -0.2) is 0 Å². The molecule has 27 heavy (non-hydrogen) atoms. The highest BCUT2D eigenvalue weighted by molar-refractivity contribution is 6.07. The third kappa shape index (κ3) is 3.43. The summed E-state index contributed by atoms with van der Waals surface area (Å²) in [5, 5.41) is 7.77. The van der Waals surface area contributed by atoms with Crippen molar-refractivity contribution in [2.24, 2.45) is 0 Å². The van der Waals surface area contributed by atoms with Gasteiger partial charge < -0.3 is 20.4 Å². The van der Waals surface area contributed by atoms with Crippen LogP contribution in [0.5, 0.6) is 5.75 Å². The zero-order chi connectivity index (χ0) is 18.8. The maximum Gasteiger partial charge on any atom is 0.259 e. The van der Waals surface area contributed by atoms with Gasteiger partial charge in [-0.05, 0) is 61.7 Å². The molecule has 0 aliphatic heterocycles. The molecule has 1 amide bonds. The lowest BCUT2D eigenvalue weighted by Gasteiger charge is -2.23. The molecule has 0 bridgehead atoms. The van der Waals surface area contributed by atoms with Crippen LogP contribution in [-0.2, 0) is 12.8 Å². The van der Waals surface area contributed by atoms with E-state index in [1.165, 1.54) is 16.6 Å². The molecule has 5 nitrogen and oxygen atoms in total. The minimum absolute atomic E-state index is 0.165. The second-order valence-corrected chi connectivity index (χ2v) is 6.99. The Morgan fingerprint density at radius 2 is 2.11 bits per heavy atom. The molecule has 5 heteroatoms. The highest BCUT2D eigenvalue weighted by atomic mass is 16.5. The van der Waals surface area contributed by atoms with Crippen LogP contribution in [0.1, 0.15) is 35.0 Å². The molecule has 3 N–H and O–H groups in total. The van der Waals surface area contributed by atoms with E-state index in [1.807, 2.05) is 24.3 Å². The van der Waals surface area contributed by atoms with Crippen molar-refractivity contribution in [3.8, 4) is 5.75 Å². The van der Waals surface area contributed by atoms with Crippen molar-refractivity contribution in [3.63, 3.8) is 0 Å². The number of amides is 1. The highest BCUT2D eigenvalue weighted by Crippen LogP contribution is 2.31. The summed E-state index contributed by atoms with van der Waals surface area (Å²) in [6.45, 7) is 3.14. The fourth-order valence-electron chi connectivity index (χ4n) is 3.99. The second-order valence-electron chi connectivity index (χ2n) is 6.99. The lowest BCUT2D eigenvalue weighted by molar-refractivity contribution is 0.102. The predicted octanol–water partition coefficient (Wildman–Crippen LogP) is 3.90. The lowest BCUT2D eigenvalue weighted by Crippen LogP contribution is -2.34. The maximum atomic E-state index is 12.7. The summed E-state index contributed by atoms with van der Waals surface area (Å²) in [4.78, 5) is 16.2. The Hall–Kier alpha value is -2.79. The third-order valence-electron chi connectivity index (χ3n) is 5.29. The monoisotopic (exact) mass is 363 g/mol. The van der Waals surface area contributed by atoms with E-state index < -0.39 is 0 Å². The van der Waals surface area contributed by atoms with Crippen molar-refractivity contribution >= 4 is 22.5 Å². The molecule has 1 heterocycles. The van der Waals surface area contributed by atoms with E-state index in [2.05, 4.69) is 28.6 Å². The van der Waals surface area contributed by atoms with Crippen LogP contribution < -0.4 is 15.4 Å². The van der Waals surface area contributed by atoms with E-state index >= 15 is 0 Å². The normalized spacial score (nSPS) is 16.1. The summed E-state index contributed by atoms with van der Waals surface area (Å²) in [7, 11) is 1.57. The van der Waals surface area contributed by atoms with Gasteiger partial charge in [-0.2, -0.15) is 0 Å². The topological polar surface area (TPSA) is 66.2 Å². The Morgan fingerprint density at radius 3 is 2.93 bits per heavy atom. The fraction of sp³-hybridized carbons (Fsp3) is 0.318. The van der Waals surface area contributed by atoms with Crippen LogP contribution in [0.2, 0.25) is 0 Å². The molecule has 140 valence electrons. The van der Waals surface area contributed by atoms with E-state index in [4.69, 9.17) is 4.74 Å². The molecule has 1 aliphatic rings. The summed E-state index contributed by atoms with van der Waals surface area (Å²) in [5.74, 6) is 0.408. The van der Waals surface area contributed by atoms with E-state index in [0.29, 0.717) is 17.4 Å². The van der Waals surface area contributed by atoms with Crippen LogP contribution >= 0.6 is 0 Å². The van der Waals surface area contributed by atoms with Gasteiger partial charge in [0.05, 0.1) is 12.7 Å². The molecular formula is C22H25N3O2. The summed E-state index contributed by atoms with van der Waals surface area (Å²) in [6, 6.07) is 13.8. The number of likely N-dealkylation sites (N-methyl/N-ethyl adjacent to an activating group) is 1. The average molecular weight is 363 g/mol. The Labute approximate surface area is 159 Å². The molecule has 1 atom stereocenters. The molecule has 1 unspecified atom stereocenters. The molecule has 1 aromatic heterocycles. The first-order valence-electron chi connectivity index (χ1n) is 9.50. The van der Waals surface area contributed by atoms with Crippen molar-refractivity contribution in [1.29, 1.82) is 0 Å². The summed E-state index contributed by atoms with van der Waals surface area (Å²) >= 11 is 0. The highest BCUT2D eigenvalue weighted by Gasteiger charge is 2.22. The Bertz CT molecular complexity index is 977. The van der Waals surface area contributed by atoms with Crippen molar-refractivity contribution in [1.82, 2.24) is 10.3 Å². The van der Waals surface area contributed by atoms with E-state index in [9.17, 15) is 4.79 Å². The largest absolute Gasteiger partial charge is 0.496 e. The first kappa shape index (κ1) is 17.6. The van der Waals surface area contributed by atoms with Crippen LogP contribution in [0, 0.1) is 0 Å². The van der Waals surface area contributed by atoms with Crippen LogP contribution in [0.25, 0.3) is 10.9 Å². The number of anilines is 1. The molecular weight excluding hydrogens is 338 g/mol. The summed E-state index contributed by atoms with van der Waals surface area (Å²) < 4.78 is 5.30. The molecule has 0 saturated heterocycles. The number of rotatable bonds is 5. The van der Waals surface area contributed by atoms with Gasteiger partial charge in [0.15, 0.2) is 0 Å². The third-order valence-corrected chi connectivity index (χ3v) is 5.29. The number of para-hydroxylation sites is 1. The molecule has 4 rings (SSSR count). The van der Waals surface area contributed by atoms with Gasteiger partial charge in [0.1, 0.15) is 5.75 Å². The van der Waals surface area contributed by atoms with Crippen molar-refractivity contribution in [2.75, 3.05) is 19.0 Å². The minimum atomic E-state index is -0.165. The number of hydrogen-bond acceptors (Lipinski definition) is 3. The van der Waals surface area contributed by atoms with Gasteiger partial charge in [-0.15, -0.1) is 0 Å². The summed E-state index contributed by atoms with van der Waals surface area (Å²) in [5.41, 5.74) is 5.16. The Morgan fingerprint density at radius 1 is 1.26 bits per heavy atom. The van der Waals surface area contributed by atoms with Gasteiger partial charge in [-0.1, -0.05) is 19.1 Å². The number of methoxy groups -OCH3 is 1. The molecule has 3 aromatic rings. The van der Waals surface area contributed by atoms with Gasteiger partial charge in [0.25, 0.3) is 5.91 Å². The number of aromatic amines is 1. The zero-order valence-corrected chi connectivity index (χ0v) is 15.8. The first-order valence-corrected chi connectivity index (χ1v) is 9.50. The van der Waals surface area contributed by atoms with Gasteiger partial charge in [-0.3, -0.25) is 4.79 Å². The SMILES string of the molecule is CCNC1CCc2[nH]c3ccc(NC(=O)c4ccccc4OC)cc3c2C1. The average Bonchev–Trinajstić information content (AvgIpc) is 3.05. The Kier molecular flexibility index (Phi) is 4.86. The Balaban J connectivity index is 1.62. The smallest absolute Gasteiger partial charge is 0.259 e. The van der Waals surface area contributed by atoms with Crippen molar-refractivity contribution < 1.29 is 9.53 Å². The molecule has 0 spiro atoms. The number of aryl methyl sites for hydroxylation is 1. The predicted molar refractivity (Wildman–Crippen MR) is 109 cm³/mol. The number of H-pyrrole nitrogens is 1. The van der Waals surface area contributed by atoms with E-state index in [0.717, 1.165) is 37.0 Å². The minimum Gasteiger partial charge on any atom is -0.496 e. The van der Waals surface area contributed by atoms with Crippen molar-refractivity contribution in [3.05, 3.63) is 59.3 Å². The number of carbonyl (C=O) groups excluding carboxylic acids is 1. The number of carbonyl (C=O) groups is 1. The number of nitrogens with one attached hydrogen (secondary N) is 3. The van der Waals surface area contributed by atoms with E-state index in [1.54, 1.807) is 19.2 Å². The van der Waals surface area contributed by atoms with Crippen LogP contribution in [0.15, 0.2) is 42.5 Å². The molecule has 0 radical (unpaired) electrons. The number of fused-ring (bicyclic) bond motifs is 3. The van der Waals surface area contributed by atoms with Crippen molar-refractivity contribution in [2.45, 2.75) is 32.2 Å². The van der Waals surface area contributed by atoms with Gasteiger partial charge >= 0.3 is 0 Å². The quantitative estimate of drug-likeness (QED) is 0.644. The van der Waals surface area contributed by atoms with Crippen LogP contribution in [-0.4, -0.2) is 30.6 Å². The lowest BCUT2D eigenvalue weighted by atomic mass is 9.91. The standard InChI is InChI=1S/C22H25N3O2/c1-3-23-14-8-10-19-17(12-14)18-13-15(9-11-20(18)25-19)24-22(26)16-6-4-5-7-21(16)27-2/h4-7,9,11,13-14,23,25H,3,8,10,12H2,1-2H3,(H,24,26). The molecule has 1 aliphatic carbocycles. The molecule has 2 aromatic carbocycles. The van der Waals surface area contributed by atoms with Gasteiger partial charge in [0.2, 0.25) is 0 Å². The molecule has 0 saturated carbocycles. The van der Waals surface area contributed by atoms with Crippen LogP contribution in [0.3, 0.4) is 0 Å². The number of ether oxygens (including phenoxy) is 1. The second kappa shape index (κ2) is 7.45.